The second kappa shape index (κ2) is 11.5. The Balaban J connectivity index is 0.00000400. The molecule has 0 aliphatic heterocycles. The van der Waals surface area contributed by atoms with Crippen molar-refractivity contribution in [1.82, 2.24) is 10.2 Å². The lowest BCUT2D eigenvalue weighted by Gasteiger charge is -2.13. The number of nitrogens with zero attached hydrogens (tertiary/aromatic N) is 1. The molecular weight excluding hydrogens is 290 g/mol. The normalized spacial score (nSPS) is 11.8. The van der Waals surface area contributed by atoms with E-state index in [1.54, 1.807) is 0 Å². The molecule has 0 heterocycles. The molecule has 0 aliphatic rings. The van der Waals surface area contributed by atoms with Crippen molar-refractivity contribution in [2.45, 2.75) is 12.5 Å². The molecule has 0 saturated carbocycles. The summed E-state index contributed by atoms with van der Waals surface area (Å²) in [5.74, 6) is -0.134. The number of carbonyl (C=O) groups is 1. The molecule has 1 amide bonds. The van der Waals surface area contributed by atoms with E-state index in [1.807, 2.05) is 49.3 Å². The van der Waals surface area contributed by atoms with Gasteiger partial charge in [-0.2, -0.15) is 0 Å². The first-order chi connectivity index (χ1) is 9.59. The molecule has 0 aromatic heterocycles. The Kier molecular flexibility index (Phi) is 10.9. The molecule has 1 atom stereocenters. The van der Waals surface area contributed by atoms with Gasteiger partial charge in [-0.05, 0) is 26.1 Å². The van der Waals surface area contributed by atoms with Gasteiger partial charge in [0.05, 0.1) is 19.3 Å². The molecule has 3 N–H and O–H groups in total. The number of halogens is 1. The van der Waals surface area contributed by atoms with Crippen LogP contribution in [-0.2, 0) is 16.0 Å². The Hall–Kier alpha value is -1.14. The van der Waals surface area contributed by atoms with Gasteiger partial charge in [0.15, 0.2) is 0 Å². The highest BCUT2D eigenvalue weighted by Crippen LogP contribution is 2.01. The van der Waals surface area contributed by atoms with Gasteiger partial charge in [-0.3, -0.25) is 4.79 Å². The van der Waals surface area contributed by atoms with E-state index >= 15 is 0 Å². The third-order valence-electron chi connectivity index (χ3n) is 2.86. The average Bonchev–Trinajstić information content (AvgIpc) is 2.43. The second-order valence-corrected chi connectivity index (χ2v) is 5.00. The Bertz CT molecular complexity index is 388. The zero-order chi connectivity index (χ0) is 14.8. The molecule has 0 fully saturated rings. The highest BCUT2D eigenvalue weighted by Gasteiger charge is 2.13. The van der Waals surface area contributed by atoms with Gasteiger partial charge in [-0.15, -0.1) is 12.4 Å². The predicted octanol–water partition coefficient (Wildman–Crippen LogP) is 0.673. The standard InChI is InChI=1S/C15H25N3O2.ClH/c1-18(2)9-11-20-10-8-17-15(19)14(16)12-13-6-4-3-5-7-13;/h3-7,14H,8-12,16H2,1-2H3,(H,17,19);1H. The van der Waals surface area contributed by atoms with Crippen molar-refractivity contribution in [3.8, 4) is 0 Å². The predicted molar refractivity (Wildman–Crippen MR) is 87.8 cm³/mol. The van der Waals surface area contributed by atoms with Crippen molar-refractivity contribution < 1.29 is 9.53 Å². The van der Waals surface area contributed by atoms with E-state index in [2.05, 4.69) is 5.32 Å². The number of amides is 1. The van der Waals surface area contributed by atoms with Crippen LogP contribution >= 0.6 is 12.4 Å². The number of carbonyl (C=O) groups excluding carboxylic acids is 1. The molecule has 0 aliphatic carbocycles. The highest BCUT2D eigenvalue weighted by atomic mass is 35.5. The van der Waals surface area contributed by atoms with Crippen LogP contribution < -0.4 is 11.1 Å². The minimum Gasteiger partial charge on any atom is -0.378 e. The molecule has 120 valence electrons. The summed E-state index contributed by atoms with van der Waals surface area (Å²) in [7, 11) is 3.99. The zero-order valence-electron chi connectivity index (χ0n) is 12.7. The van der Waals surface area contributed by atoms with E-state index in [0.29, 0.717) is 26.2 Å². The minimum atomic E-state index is -0.515. The summed E-state index contributed by atoms with van der Waals surface area (Å²) in [5, 5.41) is 2.79. The van der Waals surface area contributed by atoms with Gasteiger partial charge in [0.1, 0.15) is 0 Å². The number of nitrogens with one attached hydrogen (secondary N) is 1. The summed E-state index contributed by atoms with van der Waals surface area (Å²) in [6, 6.07) is 9.26. The minimum absolute atomic E-state index is 0. The number of hydrogen-bond acceptors (Lipinski definition) is 4. The third-order valence-corrected chi connectivity index (χ3v) is 2.86. The quantitative estimate of drug-likeness (QED) is 0.657. The van der Waals surface area contributed by atoms with E-state index in [9.17, 15) is 4.79 Å². The van der Waals surface area contributed by atoms with E-state index in [1.165, 1.54) is 0 Å². The smallest absolute Gasteiger partial charge is 0.237 e. The molecule has 0 bridgehead atoms. The Labute approximate surface area is 133 Å². The summed E-state index contributed by atoms with van der Waals surface area (Å²) < 4.78 is 5.40. The molecule has 6 heteroatoms. The first-order valence-corrected chi connectivity index (χ1v) is 6.89. The topological polar surface area (TPSA) is 67.6 Å². The summed E-state index contributed by atoms with van der Waals surface area (Å²) >= 11 is 0. The van der Waals surface area contributed by atoms with Crippen LogP contribution in [-0.4, -0.2) is 57.2 Å². The van der Waals surface area contributed by atoms with Crippen LogP contribution in [0.4, 0.5) is 0 Å². The van der Waals surface area contributed by atoms with Gasteiger partial charge >= 0.3 is 0 Å². The molecule has 1 rings (SSSR count). The van der Waals surface area contributed by atoms with Crippen LogP contribution in [0.1, 0.15) is 5.56 Å². The molecule has 21 heavy (non-hydrogen) atoms. The van der Waals surface area contributed by atoms with Crippen LogP contribution in [0.15, 0.2) is 30.3 Å². The van der Waals surface area contributed by atoms with Gasteiger partial charge in [0.2, 0.25) is 5.91 Å². The van der Waals surface area contributed by atoms with Gasteiger partial charge in [0.25, 0.3) is 0 Å². The van der Waals surface area contributed by atoms with Crippen molar-refractivity contribution in [3.05, 3.63) is 35.9 Å². The SMILES string of the molecule is CN(C)CCOCCNC(=O)C(N)Cc1ccccc1.Cl. The van der Waals surface area contributed by atoms with Gasteiger partial charge < -0.3 is 20.7 Å². The van der Waals surface area contributed by atoms with Gasteiger partial charge in [0, 0.05) is 13.1 Å². The largest absolute Gasteiger partial charge is 0.378 e. The molecule has 1 aromatic rings. The van der Waals surface area contributed by atoms with Crippen LogP contribution in [0, 0.1) is 0 Å². The van der Waals surface area contributed by atoms with Crippen molar-refractivity contribution >= 4 is 18.3 Å². The van der Waals surface area contributed by atoms with E-state index < -0.39 is 6.04 Å². The molecule has 5 nitrogen and oxygen atoms in total. The fraction of sp³-hybridized carbons (Fsp3) is 0.533. The fourth-order valence-corrected chi connectivity index (χ4v) is 1.69. The van der Waals surface area contributed by atoms with Crippen molar-refractivity contribution in [2.75, 3.05) is 40.4 Å². The van der Waals surface area contributed by atoms with Crippen molar-refractivity contribution in [2.24, 2.45) is 5.73 Å². The Morgan fingerprint density at radius 1 is 1.29 bits per heavy atom. The number of rotatable bonds is 9. The molecular formula is C15H26ClN3O2. The maximum Gasteiger partial charge on any atom is 0.237 e. The number of benzene rings is 1. The van der Waals surface area contributed by atoms with E-state index in [0.717, 1.165) is 12.1 Å². The number of nitrogens with two attached hydrogens (primary N) is 1. The zero-order valence-corrected chi connectivity index (χ0v) is 13.6. The summed E-state index contributed by atoms with van der Waals surface area (Å²) in [6.07, 6.45) is 0.550. The van der Waals surface area contributed by atoms with Crippen LogP contribution in [0.25, 0.3) is 0 Å². The van der Waals surface area contributed by atoms with E-state index in [-0.39, 0.29) is 18.3 Å². The Morgan fingerprint density at radius 3 is 2.57 bits per heavy atom. The first kappa shape index (κ1) is 19.9. The summed E-state index contributed by atoms with van der Waals surface area (Å²) in [6.45, 7) is 2.55. The lowest BCUT2D eigenvalue weighted by molar-refractivity contribution is -0.122. The first-order valence-electron chi connectivity index (χ1n) is 6.89. The molecule has 0 spiro atoms. The number of ether oxygens (including phenoxy) is 1. The monoisotopic (exact) mass is 315 g/mol. The molecule has 0 saturated heterocycles. The van der Waals surface area contributed by atoms with Gasteiger partial charge in [-0.25, -0.2) is 0 Å². The summed E-state index contributed by atoms with van der Waals surface area (Å²) in [5.41, 5.74) is 6.94. The van der Waals surface area contributed by atoms with Crippen LogP contribution in [0.3, 0.4) is 0 Å². The van der Waals surface area contributed by atoms with Crippen molar-refractivity contribution in [3.63, 3.8) is 0 Å². The lowest BCUT2D eigenvalue weighted by Crippen LogP contribution is -2.43. The van der Waals surface area contributed by atoms with Crippen LogP contribution in [0.5, 0.6) is 0 Å². The number of hydrogen-bond donors (Lipinski definition) is 2. The van der Waals surface area contributed by atoms with E-state index in [4.69, 9.17) is 10.5 Å². The molecule has 1 unspecified atom stereocenters. The van der Waals surface area contributed by atoms with Gasteiger partial charge in [-0.1, -0.05) is 30.3 Å². The average molecular weight is 316 g/mol. The van der Waals surface area contributed by atoms with Crippen LogP contribution in [0.2, 0.25) is 0 Å². The van der Waals surface area contributed by atoms with Crippen molar-refractivity contribution in [1.29, 1.82) is 0 Å². The lowest BCUT2D eigenvalue weighted by atomic mass is 10.1. The Morgan fingerprint density at radius 2 is 1.95 bits per heavy atom. The maximum atomic E-state index is 11.8. The molecule has 0 radical (unpaired) electrons. The highest BCUT2D eigenvalue weighted by molar-refractivity contribution is 5.85. The maximum absolute atomic E-state index is 11.8. The third kappa shape index (κ3) is 9.42. The second-order valence-electron chi connectivity index (χ2n) is 5.00. The fourth-order valence-electron chi connectivity index (χ4n) is 1.69. The molecule has 1 aromatic carbocycles. The summed E-state index contributed by atoms with van der Waals surface area (Å²) in [4.78, 5) is 13.8. The number of likely N-dealkylation sites (N-methyl/N-ethyl adjacent to an activating group) is 1.